The molecule has 1 aliphatic rings. The minimum Gasteiger partial charge on any atom is -0.489 e. The van der Waals surface area contributed by atoms with Gasteiger partial charge in [0.25, 0.3) is 5.91 Å². The molecule has 0 bridgehead atoms. The fourth-order valence-corrected chi connectivity index (χ4v) is 2.77. The molecule has 3 rings (SSSR count). The molecule has 1 fully saturated rings. The number of piperidine rings is 1. The van der Waals surface area contributed by atoms with E-state index in [9.17, 15) is 18.0 Å². The monoisotopic (exact) mass is 366 g/mol. The molecule has 26 heavy (non-hydrogen) atoms. The minimum atomic E-state index is -4.75. The Kier molecular flexibility index (Phi) is 5.29. The van der Waals surface area contributed by atoms with Crippen molar-refractivity contribution in [2.24, 2.45) is 0 Å². The predicted molar refractivity (Wildman–Crippen MR) is 86.9 cm³/mol. The third kappa shape index (κ3) is 4.87. The van der Waals surface area contributed by atoms with Gasteiger partial charge >= 0.3 is 6.36 Å². The van der Waals surface area contributed by atoms with E-state index in [1.54, 1.807) is 23.4 Å². The van der Waals surface area contributed by atoms with Crippen molar-refractivity contribution in [3.05, 3.63) is 54.4 Å². The van der Waals surface area contributed by atoms with E-state index in [1.165, 1.54) is 12.1 Å². The summed E-state index contributed by atoms with van der Waals surface area (Å²) in [5.74, 6) is 0.124. The second kappa shape index (κ2) is 7.63. The van der Waals surface area contributed by atoms with Crippen molar-refractivity contribution in [1.29, 1.82) is 0 Å². The highest BCUT2D eigenvalue weighted by atomic mass is 19.4. The molecule has 0 aliphatic carbocycles. The fourth-order valence-electron chi connectivity index (χ4n) is 2.77. The Labute approximate surface area is 148 Å². The lowest BCUT2D eigenvalue weighted by molar-refractivity contribution is -0.274. The Morgan fingerprint density at radius 1 is 1.08 bits per heavy atom. The summed E-state index contributed by atoms with van der Waals surface area (Å²) in [7, 11) is 0. The van der Waals surface area contributed by atoms with E-state index in [-0.39, 0.29) is 17.8 Å². The summed E-state index contributed by atoms with van der Waals surface area (Å²) in [5.41, 5.74) is 0.325. The maximum Gasteiger partial charge on any atom is 0.573 e. The number of aromatic nitrogens is 1. The lowest BCUT2D eigenvalue weighted by Gasteiger charge is -2.32. The van der Waals surface area contributed by atoms with E-state index in [1.807, 2.05) is 6.07 Å². The molecule has 0 atom stereocenters. The van der Waals surface area contributed by atoms with Gasteiger partial charge in [0.05, 0.1) is 6.20 Å². The summed E-state index contributed by atoms with van der Waals surface area (Å²) in [6.07, 6.45) is -0.0832. The number of hydrogen-bond acceptors (Lipinski definition) is 4. The summed E-state index contributed by atoms with van der Waals surface area (Å²) in [6, 6.07) is 8.57. The van der Waals surface area contributed by atoms with Gasteiger partial charge in [0.15, 0.2) is 0 Å². The van der Waals surface area contributed by atoms with E-state index < -0.39 is 6.36 Å². The van der Waals surface area contributed by atoms with E-state index in [0.29, 0.717) is 37.2 Å². The molecule has 8 heteroatoms. The molecule has 0 unspecified atom stereocenters. The van der Waals surface area contributed by atoms with Crippen LogP contribution in [0, 0.1) is 0 Å². The number of ether oxygens (including phenoxy) is 2. The molecule has 1 saturated heterocycles. The topological polar surface area (TPSA) is 51.7 Å². The van der Waals surface area contributed by atoms with E-state index >= 15 is 0 Å². The first-order valence-electron chi connectivity index (χ1n) is 8.12. The maximum absolute atomic E-state index is 12.5. The van der Waals surface area contributed by atoms with E-state index in [4.69, 9.17) is 4.74 Å². The Morgan fingerprint density at radius 3 is 2.35 bits per heavy atom. The molecule has 1 aromatic carbocycles. The van der Waals surface area contributed by atoms with Crippen LogP contribution in [0.25, 0.3) is 0 Å². The van der Waals surface area contributed by atoms with Gasteiger partial charge in [-0.05, 0) is 36.4 Å². The second-order valence-electron chi connectivity index (χ2n) is 5.87. The minimum absolute atomic E-state index is 0.00538. The second-order valence-corrected chi connectivity index (χ2v) is 5.87. The van der Waals surface area contributed by atoms with Crippen LogP contribution in [-0.2, 0) is 0 Å². The molecule has 138 valence electrons. The SMILES string of the molecule is O=C(c1ccc(OC(F)(F)F)cc1)N1CCC(Oc2cccnc2)CC1. The molecule has 5 nitrogen and oxygen atoms in total. The highest BCUT2D eigenvalue weighted by Gasteiger charge is 2.31. The quantitative estimate of drug-likeness (QED) is 0.829. The number of benzene rings is 1. The van der Waals surface area contributed by atoms with Crippen molar-refractivity contribution in [3.8, 4) is 11.5 Å². The average molecular weight is 366 g/mol. The van der Waals surface area contributed by atoms with Crippen LogP contribution >= 0.6 is 0 Å². The highest BCUT2D eigenvalue weighted by Crippen LogP contribution is 2.24. The van der Waals surface area contributed by atoms with Crippen LogP contribution < -0.4 is 9.47 Å². The molecule has 0 saturated carbocycles. The van der Waals surface area contributed by atoms with E-state index in [2.05, 4.69) is 9.72 Å². The third-order valence-corrected chi connectivity index (χ3v) is 4.00. The zero-order valence-electron chi connectivity index (χ0n) is 13.8. The number of halogens is 3. The molecule has 1 aromatic heterocycles. The van der Waals surface area contributed by atoms with Gasteiger partial charge in [-0.15, -0.1) is 13.2 Å². The molecule has 2 aromatic rings. The van der Waals surface area contributed by atoms with Crippen molar-refractivity contribution >= 4 is 5.91 Å². The summed E-state index contributed by atoms with van der Waals surface area (Å²) >= 11 is 0. The van der Waals surface area contributed by atoms with Crippen molar-refractivity contribution in [3.63, 3.8) is 0 Å². The number of rotatable bonds is 4. The van der Waals surface area contributed by atoms with Gasteiger partial charge in [0, 0.05) is 37.7 Å². The number of alkyl halides is 3. The number of pyridine rings is 1. The third-order valence-electron chi connectivity index (χ3n) is 4.00. The first kappa shape index (κ1) is 18.0. The van der Waals surface area contributed by atoms with E-state index in [0.717, 1.165) is 12.1 Å². The summed E-state index contributed by atoms with van der Waals surface area (Å²) < 4.78 is 46.1. The van der Waals surface area contributed by atoms with Crippen LogP contribution in [0.4, 0.5) is 13.2 Å². The standard InChI is InChI=1S/C18H17F3N2O3/c19-18(20,21)26-15-5-3-13(4-6-15)17(24)23-10-7-14(8-11-23)25-16-2-1-9-22-12-16/h1-6,9,12,14H,7-8,10-11H2. The van der Waals surface area contributed by atoms with Crippen LogP contribution in [0.1, 0.15) is 23.2 Å². The van der Waals surface area contributed by atoms with Gasteiger partial charge in [-0.2, -0.15) is 0 Å². The van der Waals surface area contributed by atoms with Crippen LogP contribution in [0.3, 0.4) is 0 Å². The first-order chi connectivity index (χ1) is 12.4. The zero-order chi connectivity index (χ0) is 18.6. The number of likely N-dealkylation sites (tertiary alicyclic amines) is 1. The number of amides is 1. The molecule has 0 spiro atoms. The molecule has 0 N–H and O–H groups in total. The normalized spacial score (nSPS) is 15.6. The van der Waals surface area contributed by atoms with Crippen molar-refractivity contribution in [1.82, 2.24) is 9.88 Å². The molecular weight excluding hydrogens is 349 g/mol. The smallest absolute Gasteiger partial charge is 0.489 e. The number of hydrogen-bond donors (Lipinski definition) is 0. The number of carbonyl (C=O) groups excluding carboxylic acids is 1. The molecule has 1 aliphatic heterocycles. The Morgan fingerprint density at radius 2 is 1.77 bits per heavy atom. The van der Waals surface area contributed by atoms with Crippen LogP contribution in [0.5, 0.6) is 11.5 Å². The first-order valence-corrected chi connectivity index (χ1v) is 8.12. The van der Waals surface area contributed by atoms with Crippen LogP contribution in [0.15, 0.2) is 48.8 Å². The largest absolute Gasteiger partial charge is 0.573 e. The molecule has 2 heterocycles. The van der Waals surface area contributed by atoms with Crippen molar-refractivity contribution < 1.29 is 27.4 Å². The number of nitrogens with zero attached hydrogens (tertiary/aromatic N) is 2. The lowest BCUT2D eigenvalue weighted by Crippen LogP contribution is -2.41. The summed E-state index contributed by atoms with van der Waals surface area (Å²) in [5, 5.41) is 0. The predicted octanol–water partition coefficient (Wildman–Crippen LogP) is 3.66. The Hall–Kier alpha value is -2.77. The maximum atomic E-state index is 12.5. The summed E-state index contributed by atoms with van der Waals surface area (Å²) in [4.78, 5) is 18.1. The molecular formula is C18H17F3N2O3. The van der Waals surface area contributed by atoms with Crippen molar-refractivity contribution in [2.45, 2.75) is 25.3 Å². The summed E-state index contributed by atoms with van der Waals surface area (Å²) in [6.45, 7) is 1.04. The van der Waals surface area contributed by atoms with Gasteiger partial charge in [-0.3, -0.25) is 9.78 Å². The Balaban J connectivity index is 1.53. The van der Waals surface area contributed by atoms with Gasteiger partial charge in [0.2, 0.25) is 0 Å². The van der Waals surface area contributed by atoms with Gasteiger partial charge < -0.3 is 14.4 Å². The average Bonchev–Trinajstić information content (AvgIpc) is 2.62. The zero-order valence-corrected chi connectivity index (χ0v) is 13.8. The van der Waals surface area contributed by atoms with Crippen LogP contribution in [-0.4, -0.2) is 41.3 Å². The van der Waals surface area contributed by atoms with Gasteiger partial charge in [-0.1, -0.05) is 0 Å². The van der Waals surface area contributed by atoms with Gasteiger partial charge in [-0.25, -0.2) is 0 Å². The molecule has 0 radical (unpaired) electrons. The highest BCUT2D eigenvalue weighted by molar-refractivity contribution is 5.94. The fraction of sp³-hybridized carbons (Fsp3) is 0.333. The van der Waals surface area contributed by atoms with Gasteiger partial charge in [0.1, 0.15) is 17.6 Å². The van der Waals surface area contributed by atoms with Crippen LogP contribution in [0.2, 0.25) is 0 Å². The van der Waals surface area contributed by atoms with Crippen molar-refractivity contribution in [2.75, 3.05) is 13.1 Å². The lowest BCUT2D eigenvalue weighted by atomic mass is 10.1. The molecule has 1 amide bonds. The Bertz CT molecular complexity index is 728. The number of carbonyl (C=O) groups is 1.